The van der Waals surface area contributed by atoms with Crippen LogP contribution >= 0.6 is 23.7 Å². The molecule has 0 bridgehead atoms. The normalized spacial score (nSPS) is 11.2. The monoisotopic (exact) mass is 308 g/mol. The van der Waals surface area contributed by atoms with E-state index in [2.05, 4.69) is 44.2 Å². The number of amidine groups is 1. The second kappa shape index (κ2) is 7.46. The van der Waals surface area contributed by atoms with Crippen LogP contribution in [0.4, 0.5) is 0 Å². The van der Waals surface area contributed by atoms with Crippen LogP contribution < -0.4 is 5.73 Å². The van der Waals surface area contributed by atoms with E-state index in [-0.39, 0.29) is 18.2 Å². The van der Waals surface area contributed by atoms with E-state index in [9.17, 15) is 0 Å². The Morgan fingerprint density at radius 2 is 2.05 bits per heavy atom. The zero-order valence-electron chi connectivity index (χ0n) is 11.8. The van der Waals surface area contributed by atoms with Crippen LogP contribution in [0.1, 0.15) is 37.1 Å². The summed E-state index contributed by atoms with van der Waals surface area (Å²) in [7, 11) is 0. The zero-order chi connectivity index (χ0) is 13.8. The predicted molar refractivity (Wildman–Crippen MR) is 93.2 cm³/mol. The summed E-state index contributed by atoms with van der Waals surface area (Å²) in [6, 6.07) is 8.29. The van der Waals surface area contributed by atoms with Gasteiger partial charge >= 0.3 is 0 Å². The van der Waals surface area contributed by atoms with Gasteiger partial charge in [-0.2, -0.15) is 0 Å². The lowest BCUT2D eigenvalue weighted by Crippen LogP contribution is -2.08. The van der Waals surface area contributed by atoms with E-state index in [0.717, 1.165) is 4.88 Å². The molecule has 2 rings (SSSR count). The number of benzene rings is 1. The highest BCUT2D eigenvalue weighted by molar-refractivity contribution is 7.20. The van der Waals surface area contributed by atoms with E-state index < -0.39 is 0 Å². The van der Waals surface area contributed by atoms with Crippen molar-refractivity contribution in [2.24, 2.45) is 11.7 Å². The molecular weight excluding hydrogens is 288 g/mol. The Hall–Kier alpha value is -1.32. The van der Waals surface area contributed by atoms with Crippen LogP contribution in [0.3, 0.4) is 0 Å². The number of halogens is 1. The molecule has 0 aliphatic carbocycles. The maximum Gasteiger partial charge on any atom is 0.133 e. The molecular formula is C16H21ClN2S. The molecule has 4 heteroatoms. The van der Waals surface area contributed by atoms with Crippen LogP contribution in [0.5, 0.6) is 0 Å². The second-order valence-electron chi connectivity index (χ2n) is 4.72. The summed E-state index contributed by atoms with van der Waals surface area (Å²) < 4.78 is 1.19. The first-order valence-electron chi connectivity index (χ1n) is 6.70. The summed E-state index contributed by atoms with van der Waals surface area (Å²) in [5.41, 5.74) is 6.78. The molecule has 2 aromatic rings. The summed E-state index contributed by atoms with van der Waals surface area (Å²) in [6.07, 6.45) is 6.84. The minimum absolute atomic E-state index is 0. The Morgan fingerprint density at radius 1 is 1.35 bits per heavy atom. The lowest BCUT2D eigenvalue weighted by molar-refractivity contribution is 0.609. The van der Waals surface area contributed by atoms with Crippen molar-refractivity contribution in [2.45, 2.75) is 26.7 Å². The molecule has 1 aromatic heterocycles. The predicted octanol–water partition coefficient (Wildman–Crippen LogP) is 5.06. The van der Waals surface area contributed by atoms with Crippen molar-refractivity contribution in [3.05, 3.63) is 40.8 Å². The van der Waals surface area contributed by atoms with Crippen LogP contribution in [0.15, 0.2) is 30.3 Å². The SMILES string of the molecule is CCC(C=Cc1cccc2sc(C(=N)N)cc12)CC.Cl. The fourth-order valence-electron chi connectivity index (χ4n) is 2.16. The van der Waals surface area contributed by atoms with Gasteiger partial charge in [-0.05, 0) is 36.5 Å². The van der Waals surface area contributed by atoms with Crippen molar-refractivity contribution in [2.75, 3.05) is 0 Å². The number of allylic oxidation sites excluding steroid dienone is 1. The van der Waals surface area contributed by atoms with Gasteiger partial charge < -0.3 is 5.73 Å². The molecule has 0 aliphatic rings. The number of fused-ring (bicyclic) bond motifs is 1. The average Bonchev–Trinajstić information content (AvgIpc) is 2.84. The van der Waals surface area contributed by atoms with E-state index in [0.29, 0.717) is 5.92 Å². The van der Waals surface area contributed by atoms with Gasteiger partial charge in [0.05, 0.1) is 4.88 Å². The first kappa shape index (κ1) is 16.7. The Morgan fingerprint density at radius 3 is 2.65 bits per heavy atom. The van der Waals surface area contributed by atoms with E-state index in [1.165, 1.54) is 28.5 Å². The molecule has 0 radical (unpaired) electrons. The first-order chi connectivity index (χ1) is 9.15. The van der Waals surface area contributed by atoms with Crippen molar-refractivity contribution in [1.82, 2.24) is 0 Å². The fraction of sp³-hybridized carbons (Fsp3) is 0.312. The molecule has 0 aliphatic heterocycles. The number of rotatable bonds is 5. The number of nitrogens with two attached hydrogens (primary N) is 1. The van der Waals surface area contributed by atoms with Crippen LogP contribution in [0.2, 0.25) is 0 Å². The molecule has 0 spiro atoms. The number of hydrogen-bond acceptors (Lipinski definition) is 2. The Labute approximate surface area is 130 Å². The minimum Gasteiger partial charge on any atom is -0.383 e. The summed E-state index contributed by atoms with van der Waals surface area (Å²) in [5, 5.41) is 8.73. The maximum atomic E-state index is 7.54. The topological polar surface area (TPSA) is 49.9 Å². The highest BCUT2D eigenvalue weighted by atomic mass is 35.5. The van der Waals surface area contributed by atoms with E-state index >= 15 is 0 Å². The molecule has 0 amide bonds. The molecule has 1 aromatic carbocycles. The van der Waals surface area contributed by atoms with Crippen molar-refractivity contribution < 1.29 is 0 Å². The lowest BCUT2D eigenvalue weighted by atomic mass is 10.0. The highest BCUT2D eigenvalue weighted by Crippen LogP contribution is 2.29. The Kier molecular flexibility index (Phi) is 6.24. The third-order valence-corrected chi connectivity index (χ3v) is 4.59. The van der Waals surface area contributed by atoms with Crippen molar-refractivity contribution in [1.29, 1.82) is 5.41 Å². The summed E-state index contributed by atoms with van der Waals surface area (Å²) in [5.74, 6) is 0.789. The van der Waals surface area contributed by atoms with Gasteiger partial charge in [0, 0.05) is 10.1 Å². The van der Waals surface area contributed by atoms with Crippen LogP contribution in [-0.2, 0) is 0 Å². The zero-order valence-corrected chi connectivity index (χ0v) is 13.5. The number of thiophene rings is 1. The maximum absolute atomic E-state index is 7.54. The van der Waals surface area contributed by atoms with Crippen LogP contribution in [-0.4, -0.2) is 5.84 Å². The first-order valence-corrected chi connectivity index (χ1v) is 7.52. The van der Waals surface area contributed by atoms with Gasteiger partial charge in [-0.1, -0.05) is 38.1 Å². The van der Waals surface area contributed by atoms with E-state index in [4.69, 9.17) is 11.1 Å². The summed E-state index contributed by atoms with van der Waals surface area (Å²) in [4.78, 5) is 0.846. The van der Waals surface area contributed by atoms with Crippen molar-refractivity contribution >= 4 is 45.7 Å². The van der Waals surface area contributed by atoms with E-state index in [1.54, 1.807) is 11.3 Å². The van der Waals surface area contributed by atoms with Crippen LogP contribution in [0.25, 0.3) is 16.2 Å². The summed E-state index contributed by atoms with van der Waals surface area (Å²) >= 11 is 1.58. The number of hydrogen-bond donors (Lipinski definition) is 2. The van der Waals surface area contributed by atoms with Gasteiger partial charge in [0.15, 0.2) is 0 Å². The van der Waals surface area contributed by atoms with Crippen LogP contribution in [0, 0.1) is 11.3 Å². The molecule has 0 unspecified atom stereocenters. The fourth-order valence-corrected chi connectivity index (χ4v) is 3.12. The molecule has 3 N–H and O–H groups in total. The van der Waals surface area contributed by atoms with Crippen molar-refractivity contribution in [3.8, 4) is 0 Å². The Balaban J connectivity index is 0.00000200. The smallest absolute Gasteiger partial charge is 0.133 e. The standard InChI is InChI=1S/C16H20N2S.ClH/c1-3-11(4-2)8-9-12-6-5-7-14-13(12)10-15(19-14)16(17)18;/h5-11H,3-4H2,1-2H3,(H3,17,18);1H. The highest BCUT2D eigenvalue weighted by Gasteiger charge is 2.06. The lowest BCUT2D eigenvalue weighted by Gasteiger charge is -2.05. The second-order valence-corrected chi connectivity index (χ2v) is 5.80. The number of nitrogens with one attached hydrogen (secondary N) is 1. The quantitative estimate of drug-likeness (QED) is 0.589. The van der Waals surface area contributed by atoms with Gasteiger partial charge in [-0.15, -0.1) is 23.7 Å². The van der Waals surface area contributed by atoms with Gasteiger partial charge in [0.1, 0.15) is 5.84 Å². The van der Waals surface area contributed by atoms with Gasteiger partial charge in [-0.25, -0.2) is 0 Å². The molecule has 0 saturated carbocycles. The van der Waals surface area contributed by atoms with Gasteiger partial charge in [0.2, 0.25) is 0 Å². The van der Waals surface area contributed by atoms with Crippen molar-refractivity contribution in [3.63, 3.8) is 0 Å². The third-order valence-electron chi connectivity index (χ3n) is 3.46. The molecule has 20 heavy (non-hydrogen) atoms. The number of nitrogen functional groups attached to an aromatic ring is 1. The van der Waals surface area contributed by atoms with Gasteiger partial charge in [-0.3, -0.25) is 5.41 Å². The molecule has 1 heterocycles. The molecule has 2 nitrogen and oxygen atoms in total. The molecule has 108 valence electrons. The molecule has 0 saturated heterocycles. The largest absolute Gasteiger partial charge is 0.383 e. The van der Waals surface area contributed by atoms with Gasteiger partial charge in [0.25, 0.3) is 0 Å². The Bertz CT molecular complexity index is 612. The average molecular weight is 309 g/mol. The molecule has 0 atom stereocenters. The third kappa shape index (κ3) is 3.62. The summed E-state index contributed by atoms with van der Waals surface area (Å²) in [6.45, 7) is 4.44. The minimum atomic E-state index is 0. The molecule has 0 fully saturated rings. The van der Waals surface area contributed by atoms with E-state index in [1.807, 2.05) is 6.07 Å².